The van der Waals surface area contributed by atoms with Gasteiger partial charge in [-0.3, -0.25) is 9.48 Å². The Bertz CT molecular complexity index is 1200. The van der Waals surface area contributed by atoms with Crippen LogP contribution in [0.15, 0.2) is 29.2 Å². The van der Waals surface area contributed by atoms with Gasteiger partial charge >= 0.3 is 5.97 Å². The first-order chi connectivity index (χ1) is 16.6. The van der Waals surface area contributed by atoms with E-state index in [-0.39, 0.29) is 28.7 Å². The number of nitrogens with zero attached hydrogens (tertiary/aromatic N) is 2. The van der Waals surface area contributed by atoms with Gasteiger partial charge in [0.25, 0.3) is 5.91 Å². The molecule has 9 nitrogen and oxygen atoms in total. The minimum atomic E-state index is -3.33. The fourth-order valence-corrected chi connectivity index (χ4v) is 5.44. The number of rotatable bonds is 7. The van der Waals surface area contributed by atoms with Crippen molar-refractivity contribution >= 4 is 21.7 Å². The van der Waals surface area contributed by atoms with E-state index in [2.05, 4.69) is 5.32 Å². The van der Waals surface area contributed by atoms with Gasteiger partial charge in [0.05, 0.1) is 34.0 Å². The highest BCUT2D eigenvalue weighted by Gasteiger charge is 2.39. The minimum absolute atomic E-state index is 0.0320. The molecular weight excluding hydrogens is 470 g/mol. The number of esters is 1. The molecule has 2 aliphatic rings. The molecule has 1 aromatic heterocycles. The second-order valence-electron chi connectivity index (χ2n) is 9.78. The molecule has 2 aliphatic heterocycles. The van der Waals surface area contributed by atoms with Gasteiger partial charge < -0.3 is 14.8 Å². The molecule has 190 valence electrons. The molecule has 0 unspecified atom stereocenters. The fourth-order valence-electron chi connectivity index (χ4n) is 4.81. The maximum Gasteiger partial charge on any atom is 0.338 e. The molecule has 35 heavy (non-hydrogen) atoms. The molecule has 3 heterocycles. The summed E-state index contributed by atoms with van der Waals surface area (Å²) in [6.07, 6.45) is 4.33. The zero-order valence-corrected chi connectivity index (χ0v) is 21.3. The first-order valence-corrected chi connectivity index (χ1v) is 13.9. The number of sulfone groups is 1. The molecule has 1 spiro atoms. The molecule has 1 atom stereocenters. The van der Waals surface area contributed by atoms with Crippen LogP contribution in [0.1, 0.15) is 58.8 Å². The van der Waals surface area contributed by atoms with Gasteiger partial charge in [0, 0.05) is 38.5 Å². The first-order valence-electron chi connectivity index (χ1n) is 12.0. The van der Waals surface area contributed by atoms with Crippen LogP contribution < -0.4 is 5.32 Å². The first kappa shape index (κ1) is 25.4. The molecule has 2 aromatic rings. The summed E-state index contributed by atoms with van der Waals surface area (Å²) in [4.78, 5) is 25.6. The van der Waals surface area contributed by atoms with Crippen LogP contribution in [0.5, 0.6) is 0 Å². The number of nitrogens with one attached hydrogen (secondary N) is 1. The zero-order valence-electron chi connectivity index (χ0n) is 20.5. The Kier molecular flexibility index (Phi) is 7.32. The lowest BCUT2D eigenvalue weighted by Gasteiger charge is -2.36. The van der Waals surface area contributed by atoms with Crippen LogP contribution in [0, 0.1) is 11.3 Å². The number of fused-ring (bicyclic) bond motifs is 1. The predicted octanol–water partition coefficient (Wildman–Crippen LogP) is 2.42. The number of ether oxygens (including phenoxy) is 2. The van der Waals surface area contributed by atoms with Crippen LogP contribution in [0.25, 0.3) is 0 Å². The summed E-state index contributed by atoms with van der Waals surface area (Å²) in [6.45, 7) is 6.68. The van der Waals surface area contributed by atoms with Crippen LogP contribution in [0.3, 0.4) is 0 Å². The zero-order chi connectivity index (χ0) is 25.2. The second kappa shape index (κ2) is 10.1. The lowest BCUT2D eigenvalue weighted by Crippen LogP contribution is -2.41. The van der Waals surface area contributed by atoms with Crippen LogP contribution in [0.2, 0.25) is 0 Å². The summed E-state index contributed by atoms with van der Waals surface area (Å²) in [6, 6.07) is 5.71. The molecule has 0 aliphatic carbocycles. The maximum atomic E-state index is 13.0. The van der Waals surface area contributed by atoms with Crippen molar-refractivity contribution in [2.45, 2.75) is 51.0 Å². The summed E-state index contributed by atoms with van der Waals surface area (Å²) in [5.41, 5.74) is 2.69. The number of aromatic nitrogens is 2. The Morgan fingerprint density at radius 3 is 2.57 bits per heavy atom. The average molecular weight is 504 g/mol. The van der Waals surface area contributed by atoms with Gasteiger partial charge in [-0.15, -0.1) is 0 Å². The quantitative estimate of drug-likeness (QED) is 0.577. The van der Waals surface area contributed by atoms with Crippen LogP contribution in [0.4, 0.5) is 0 Å². The van der Waals surface area contributed by atoms with E-state index in [0.717, 1.165) is 36.9 Å². The molecule has 1 aromatic carbocycles. The molecule has 1 amide bonds. The maximum absolute atomic E-state index is 13.0. The van der Waals surface area contributed by atoms with Crippen LogP contribution in [-0.2, 0) is 38.7 Å². The third-order valence-electron chi connectivity index (χ3n) is 6.91. The van der Waals surface area contributed by atoms with Crippen molar-refractivity contribution < 1.29 is 27.5 Å². The minimum Gasteiger partial charge on any atom is -0.462 e. The van der Waals surface area contributed by atoms with Gasteiger partial charge in [-0.05, 0) is 55.4 Å². The van der Waals surface area contributed by atoms with E-state index in [9.17, 15) is 18.0 Å². The van der Waals surface area contributed by atoms with E-state index in [1.165, 1.54) is 24.3 Å². The Balaban J connectivity index is 1.46. The van der Waals surface area contributed by atoms with Crippen molar-refractivity contribution in [1.82, 2.24) is 15.1 Å². The smallest absolute Gasteiger partial charge is 0.338 e. The molecule has 1 fully saturated rings. The van der Waals surface area contributed by atoms with E-state index in [0.29, 0.717) is 43.9 Å². The summed E-state index contributed by atoms with van der Waals surface area (Å²) in [5.74, 6) is -0.617. The number of aryl methyl sites for hydroxylation is 1. The van der Waals surface area contributed by atoms with Gasteiger partial charge in [-0.1, -0.05) is 13.8 Å². The molecule has 4 rings (SSSR count). The van der Waals surface area contributed by atoms with Crippen LogP contribution in [-0.4, -0.2) is 62.7 Å². The Hall–Kier alpha value is -2.72. The lowest BCUT2D eigenvalue weighted by atomic mass is 9.76. The monoisotopic (exact) mass is 503 g/mol. The third-order valence-corrected chi connectivity index (χ3v) is 8.04. The van der Waals surface area contributed by atoms with E-state index in [4.69, 9.17) is 14.6 Å². The SMILES string of the molecule is CCc1nn(C[C@@H](C)COC(=O)c2ccc(S(C)(=O)=O)cc2)c2c1C(=O)NCC1(CCOCC1)C2. The number of amides is 1. The van der Waals surface area contributed by atoms with Crippen molar-refractivity contribution in [2.75, 3.05) is 32.6 Å². The average Bonchev–Trinajstić information content (AvgIpc) is 3.10. The summed E-state index contributed by atoms with van der Waals surface area (Å²) in [7, 11) is -3.33. The molecule has 10 heteroatoms. The van der Waals surface area contributed by atoms with Gasteiger partial charge in [-0.2, -0.15) is 5.10 Å². The number of carbonyl (C=O) groups is 2. The summed E-state index contributed by atoms with van der Waals surface area (Å²) < 4.78 is 36.2. The predicted molar refractivity (Wildman–Crippen MR) is 129 cm³/mol. The van der Waals surface area contributed by atoms with Gasteiger partial charge in [0.1, 0.15) is 0 Å². The van der Waals surface area contributed by atoms with Gasteiger partial charge in [0.15, 0.2) is 9.84 Å². The van der Waals surface area contributed by atoms with Crippen molar-refractivity contribution in [3.8, 4) is 0 Å². The van der Waals surface area contributed by atoms with E-state index in [1.54, 1.807) is 0 Å². The molecule has 0 radical (unpaired) electrons. The Labute approximate surface area is 206 Å². The fraction of sp³-hybridized carbons (Fsp3) is 0.560. The topological polar surface area (TPSA) is 117 Å². The number of hydrogen-bond acceptors (Lipinski definition) is 7. The van der Waals surface area contributed by atoms with Crippen molar-refractivity contribution in [1.29, 1.82) is 0 Å². The van der Waals surface area contributed by atoms with E-state index >= 15 is 0 Å². The highest BCUT2D eigenvalue weighted by Crippen LogP contribution is 2.37. The Morgan fingerprint density at radius 2 is 1.94 bits per heavy atom. The highest BCUT2D eigenvalue weighted by molar-refractivity contribution is 7.90. The lowest BCUT2D eigenvalue weighted by molar-refractivity contribution is 0.0151. The Morgan fingerprint density at radius 1 is 1.26 bits per heavy atom. The molecule has 1 N–H and O–H groups in total. The largest absolute Gasteiger partial charge is 0.462 e. The van der Waals surface area contributed by atoms with Gasteiger partial charge in [0.2, 0.25) is 0 Å². The molecular formula is C25H33N3O6S. The number of carbonyl (C=O) groups excluding carboxylic acids is 2. The highest BCUT2D eigenvalue weighted by atomic mass is 32.2. The van der Waals surface area contributed by atoms with E-state index < -0.39 is 15.8 Å². The third kappa shape index (κ3) is 5.59. The molecule has 0 bridgehead atoms. The normalized spacial score (nSPS) is 18.4. The number of benzene rings is 1. The van der Waals surface area contributed by atoms with Crippen molar-refractivity contribution in [3.63, 3.8) is 0 Å². The van der Waals surface area contributed by atoms with Crippen LogP contribution >= 0.6 is 0 Å². The molecule has 0 saturated carbocycles. The number of hydrogen-bond donors (Lipinski definition) is 1. The molecule has 1 saturated heterocycles. The van der Waals surface area contributed by atoms with E-state index in [1.807, 2.05) is 18.5 Å². The summed E-state index contributed by atoms with van der Waals surface area (Å²) >= 11 is 0. The van der Waals surface area contributed by atoms with Crippen molar-refractivity contribution in [2.24, 2.45) is 11.3 Å². The summed E-state index contributed by atoms with van der Waals surface area (Å²) in [5, 5.41) is 7.88. The standard InChI is InChI=1S/C25H33N3O6S/c1-4-20-22-21(13-25(16-26-23(22)29)9-11-33-12-10-25)28(27-20)14-17(2)15-34-24(30)18-5-7-19(8-6-18)35(3,31)32/h5-8,17H,4,9-16H2,1-3H3,(H,26,29)/t17-/m1/s1. The van der Waals surface area contributed by atoms with Crippen molar-refractivity contribution in [3.05, 3.63) is 46.8 Å². The second-order valence-corrected chi connectivity index (χ2v) is 11.8. The van der Waals surface area contributed by atoms with Gasteiger partial charge in [-0.25, -0.2) is 13.2 Å².